The van der Waals surface area contributed by atoms with E-state index in [4.69, 9.17) is 9.84 Å². The maximum Gasteiger partial charge on any atom is 1.00 e. The Morgan fingerprint density at radius 2 is 1.70 bits per heavy atom. The topological polar surface area (TPSA) is 121 Å². The number of ether oxygens (including phenoxy) is 1. The Balaban J connectivity index is 0. The summed E-state index contributed by atoms with van der Waals surface area (Å²) in [4.78, 5) is 22.7. The van der Waals surface area contributed by atoms with Gasteiger partial charge in [-0.1, -0.05) is 33.6 Å². The summed E-state index contributed by atoms with van der Waals surface area (Å²) in [5.41, 5.74) is -0.853. The molecule has 1 unspecified atom stereocenters. The molecule has 0 aromatic carbocycles. The van der Waals surface area contributed by atoms with Crippen LogP contribution in [0.5, 0.6) is 0 Å². The molecule has 0 saturated carbocycles. The first-order valence-electron chi connectivity index (χ1n) is 7.51. The van der Waals surface area contributed by atoms with Crippen LogP contribution in [-0.4, -0.2) is 40.9 Å². The first-order valence-corrected chi connectivity index (χ1v) is 8.98. The minimum atomic E-state index is -5.08. The number of aliphatic carboxylic acids is 1. The number of carboxylic acids is 1. The van der Waals surface area contributed by atoms with Gasteiger partial charge in [-0.15, -0.1) is 0 Å². The van der Waals surface area contributed by atoms with Gasteiger partial charge in [0.15, 0.2) is 5.25 Å². The van der Waals surface area contributed by atoms with Gasteiger partial charge in [-0.3, -0.25) is 9.59 Å². The Kier molecular flexibility index (Phi) is 12.5. The number of carbonyl (C=O) groups is 2. The van der Waals surface area contributed by atoms with E-state index in [1.807, 2.05) is 6.92 Å². The van der Waals surface area contributed by atoms with Gasteiger partial charge < -0.3 is 14.4 Å². The van der Waals surface area contributed by atoms with E-state index in [0.29, 0.717) is 19.3 Å². The fourth-order valence-corrected chi connectivity index (χ4v) is 2.87. The maximum absolute atomic E-state index is 12.0. The standard InChI is InChI=1S/C14H26O7S.Na/c1-4-7-8-9-14(5-2,6-3)21-13(17)11(10-12(15)16)22(18,19)20;/h11H,4-10H2,1-3H3,(H,15,16)(H,18,19,20);/q;+1/p-1. The Hall–Kier alpha value is -0.150. The third-order valence-corrected chi connectivity index (χ3v) is 4.87. The molecular formula is C14H25NaO7S. The zero-order valence-corrected chi connectivity index (χ0v) is 17.1. The number of rotatable bonds is 11. The number of carbonyl (C=O) groups excluding carboxylic acids is 1. The molecule has 0 aliphatic rings. The normalized spacial score (nSPS) is 13.0. The summed E-state index contributed by atoms with van der Waals surface area (Å²) in [5, 5.41) is 6.47. The van der Waals surface area contributed by atoms with E-state index < -0.39 is 39.3 Å². The van der Waals surface area contributed by atoms with Crippen LogP contribution in [0.1, 0.15) is 65.7 Å². The van der Waals surface area contributed by atoms with Crippen molar-refractivity contribution in [2.45, 2.75) is 76.6 Å². The molecule has 0 amide bonds. The molecule has 1 N–H and O–H groups in total. The second-order valence-corrected chi connectivity index (χ2v) is 6.90. The van der Waals surface area contributed by atoms with E-state index in [1.54, 1.807) is 13.8 Å². The van der Waals surface area contributed by atoms with Crippen molar-refractivity contribution in [3.8, 4) is 0 Å². The molecule has 0 heterocycles. The molecule has 0 aliphatic carbocycles. The van der Waals surface area contributed by atoms with Crippen molar-refractivity contribution in [2.75, 3.05) is 0 Å². The van der Waals surface area contributed by atoms with Crippen molar-refractivity contribution < 1.29 is 62.0 Å². The third kappa shape index (κ3) is 9.05. The summed E-state index contributed by atoms with van der Waals surface area (Å²) in [7, 11) is -5.08. The Labute approximate surface area is 160 Å². The van der Waals surface area contributed by atoms with Gasteiger partial charge in [0.25, 0.3) is 0 Å². The van der Waals surface area contributed by atoms with Crippen molar-refractivity contribution in [1.82, 2.24) is 0 Å². The molecule has 9 heteroatoms. The fraction of sp³-hybridized carbons (Fsp3) is 0.857. The molecule has 0 fully saturated rings. The Bertz CT molecular complexity index is 472. The SMILES string of the molecule is CCCCCC(CC)(CC)OC(=O)C(CC(=O)O)S(=O)(=O)[O-].[Na+]. The van der Waals surface area contributed by atoms with Gasteiger partial charge in [0.1, 0.15) is 15.7 Å². The third-order valence-electron chi connectivity index (χ3n) is 3.81. The van der Waals surface area contributed by atoms with Crippen LogP contribution >= 0.6 is 0 Å². The van der Waals surface area contributed by atoms with Gasteiger partial charge in [-0.25, -0.2) is 8.42 Å². The zero-order chi connectivity index (χ0) is 17.4. The Morgan fingerprint density at radius 1 is 1.17 bits per heavy atom. The van der Waals surface area contributed by atoms with Gasteiger partial charge >= 0.3 is 41.5 Å². The quantitative estimate of drug-likeness (QED) is 0.218. The van der Waals surface area contributed by atoms with E-state index in [2.05, 4.69) is 0 Å². The van der Waals surface area contributed by atoms with Gasteiger partial charge in [-0.2, -0.15) is 0 Å². The molecule has 0 aliphatic heterocycles. The number of hydrogen-bond acceptors (Lipinski definition) is 6. The molecule has 0 bridgehead atoms. The number of unbranched alkanes of at least 4 members (excludes halogenated alkanes) is 2. The summed E-state index contributed by atoms with van der Waals surface area (Å²) in [6.45, 7) is 5.64. The molecule has 0 aromatic heterocycles. The first-order chi connectivity index (χ1) is 10.1. The zero-order valence-electron chi connectivity index (χ0n) is 14.3. The van der Waals surface area contributed by atoms with Gasteiger partial charge in [-0.05, 0) is 25.7 Å². The van der Waals surface area contributed by atoms with Gasteiger partial charge in [0.05, 0.1) is 6.42 Å². The van der Waals surface area contributed by atoms with Crippen LogP contribution in [-0.2, 0) is 24.4 Å². The molecule has 0 saturated heterocycles. The smallest absolute Gasteiger partial charge is 0.747 e. The van der Waals surface area contributed by atoms with Crippen molar-refractivity contribution in [1.29, 1.82) is 0 Å². The molecule has 0 aromatic rings. The van der Waals surface area contributed by atoms with Crippen LogP contribution in [0.3, 0.4) is 0 Å². The average molecular weight is 360 g/mol. The second kappa shape index (κ2) is 11.4. The molecule has 23 heavy (non-hydrogen) atoms. The van der Waals surface area contributed by atoms with E-state index in [9.17, 15) is 22.6 Å². The molecule has 0 rings (SSSR count). The number of carboxylic acid groups (broad SMARTS) is 1. The van der Waals surface area contributed by atoms with Crippen molar-refractivity contribution in [3.05, 3.63) is 0 Å². The van der Waals surface area contributed by atoms with E-state index >= 15 is 0 Å². The van der Waals surface area contributed by atoms with Crippen LogP contribution in [0.2, 0.25) is 0 Å². The summed E-state index contributed by atoms with van der Waals surface area (Å²) in [6, 6.07) is 0. The van der Waals surface area contributed by atoms with Crippen molar-refractivity contribution >= 4 is 22.1 Å². The predicted octanol–water partition coefficient (Wildman–Crippen LogP) is -0.939. The van der Waals surface area contributed by atoms with Crippen LogP contribution in [0.25, 0.3) is 0 Å². The average Bonchev–Trinajstić information content (AvgIpc) is 2.42. The monoisotopic (exact) mass is 360 g/mol. The van der Waals surface area contributed by atoms with Crippen LogP contribution in [0.4, 0.5) is 0 Å². The van der Waals surface area contributed by atoms with Crippen molar-refractivity contribution in [3.63, 3.8) is 0 Å². The van der Waals surface area contributed by atoms with E-state index in [0.717, 1.165) is 19.3 Å². The Morgan fingerprint density at radius 3 is 2.04 bits per heavy atom. The first kappa shape index (κ1) is 25.1. The minimum Gasteiger partial charge on any atom is -0.747 e. The fourth-order valence-electron chi connectivity index (χ4n) is 2.24. The van der Waals surface area contributed by atoms with Crippen LogP contribution in [0, 0.1) is 0 Å². The predicted molar refractivity (Wildman–Crippen MR) is 79.3 cm³/mol. The summed E-state index contributed by atoms with van der Waals surface area (Å²) in [5.74, 6) is -2.80. The summed E-state index contributed by atoms with van der Waals surface area (Å²) < 4.78 is 38.6. The molecular weight excluding hydrogens is 335 g/mol. The van der Waals surface area contributed by atoms with E-state index in [-0.39, 0.29) is 29.6 Å². The summed E-state index contributed by atoms with van der Waals surface area (Å²) >= 11 is 0. The molecule has 0 radical (unpaired) electrons. The van der Waals surface area contributed by atoms with Crippen LogP contribution in [0.15, 0.2) is 0 Å². The molecule has 1 atom stereocenters. The van der Waals surface area contributed by atoms with Gasteiger partial charge in [0, 0.05) is 0 Å². The van der Waals surface area contributed by atoms with Crippen molar-refractivity contribution in [2.24, 2.45) is 0 Å². The van der Waals surface area contributed by atoms with E-state index in [1.165, 1.54) is 0 Å². The second-order valence-electron chi connectivity index (χ2n) is 5.35. The van der Waals surface area contributed by atoms with Gasteiger partial charge in [0.2, 0.25) is 0 Å². The van der Waals surface area contributed by atoms with Crippen LogP contribution < -0.4 is 29.6 Å². The molecule has 130 valence electrons. The number of hydrogen-bond donors (Lipinski definition) is 1. The minimum absolute atomic E-state index is 0. The molecule has 0 spiro atoms. The number of esters is 1. The molecule has 7 nitrogen and oxygen atoms in total. The summed E-state index contributed by atoms with van der Waals surface area (Å²) in [6.07, 6.45) is 3.14. The largest absolute Gasteiger partial charge is 1.00 e. The maximum atomic E-state index is 12.0.